The molecule has 0 atom stereocenters. The molecule has 2 aromatic heterocycles. The van der Waals surface area contributed by atoms with E-state index >= 15 is 0 Å². The Morgan fingerprint density at radius 3 is 2.75 bits per heavy atom. The van der Waals surface area contributed by atoms with Crippen LogP contribution in [-0.2, 0) is 11.3 Å². The average Bonchev–Trinajstić information content (AvgIpc) is 3.11. The fourth-order valence-electron chi connectivity index (χ4n) is 2.99. The van der Waals surface area contributed by atoms with Crippen LogP contribution >= 0.6 is 0 Å². The molecule has 9 heteroatoms. The molecule has 4 aromatic rings. The SMILES string of the molecule is Cc1ccc(NC(=O)Cn2ncc(=O)c3ccccc32)cc1-n1nnnc1C. The van der Waals surface area contributed by atoms with Crippen LogP contribution in [0, 0.1) is 13.8 Å². The standard InChI is InChI=1S/C19H17N7O2/c1-12-7-8-14(9-17(12)26-13(2)22-23-24-26)21-19(28)11-25-16-6-4-3-5-15(16)18(27)10-20-25/h3-10H,11H2,1-2H3,(H,21,28). The van der Waals surface area contributed by atoms with Crippen molar-refractivity contribution in [2.75, 3.05) is 5.32 Å². The molecule has 2 heterocycles. The summed E-state index contributed by atoms with van der Waals surface area (Å²) in [5.74, 6) is 0.389. The average molecular weight is 375 g/mol. The number of benzene rings is 2. The summed E-state index contributed by atoms with van der Waals surface area (Å²) in [4.78, 5) is 24.5. The van der Waals surface area contributed by atoms with Crippen LogP contribution in [0.3, 0.4) is 0 Å². The van der Waals surface area contributed by atoms with Crippen molar-refractivity contribution in [3.63, 3.8) is 0 Å². The predicted molar refractivity (Wildman–Crippen MR) is 103 cm³/mol. The highest BCUT2D eigenvalue weighted by Gasteiger charge is 2.11. The molecule has 28 heavy (non-hydrogen) atoms. The molecule has 1 amide bonds. The summed E-state index contributed by atoms with van der Waals surface area (Å²) < 4.78 is 3.12. The molecule has 0 spiro atoms. The molecule has 0 aliphatic heterocycles. The van der Waals surface area contributed by atoms with Gasteiger partial charge in [0.25, 0.3) is 0 Å². The third-order valence-electron chi connectivity index (χ3n) is 4.40. The lowest BCUT2D eigenvalue weighted by Gasteiger charge is -2.12. The Hall–Kier alpha value is -3.88. The summed E-state index contributed by atoms with van der Waals surface area (Å²) in [7, 11) is 0. The van der Waals surface area contributed by atoms with Gasteiger partial charge in [-0.1, -0.05) is 18.2 Å². The highest BCUT2D eigenvalue weighted by atomic mass is 16.2. The van der Waals surface area contributed by atoms with Gasteiger partial charge >= 0.3 is 0 Å². The van der Waals surface area contributed by atoms with Crippen LogP contribution in [0.15, 0.2) is 53.5 Å². The minimum absolute atomic E-state index is 0.0199. The first-order chi connectivity index (χ1) is 13.5. The van der Waals surface area contributed by atoms with E-state index in [-0.39, 0.29) is 17.9 Å². The number of fused-ring (bicyclic) bond motifs is 1. The maximum absolute atomic E-state index is 12.6. The molecule has 0 saturated carbocycles. The van der Waals surface area contributed by atoms with Gasteiger partial charge in [-0.3, -0.25) is 14.3 Å². The topological polar surface area (TPSA) is 108 Å². The van der Waals surface area contributed by atoms with Crippen LogP contribution in [0.4, 0.5) is 5.69 Å². The van der Waals surface area contributed by atoms with Crippen LogP contribution in [0.25, 0.3) is 16.6 Å². The predicted octanol–water partition coefficient (Wildman–Crippen LogP) is 1.63. The van der Waals surface area contributed by atoms with E-state index in [1.165, 1.54) is 10.9 Å². The van der Waals surface area contributed by atoms with E-state index in [4.69, 9.17) is 0 Å². The highest BCUT2D eigenvalue weighted by Crippen LogP contribution is 2.19. The second kappa shape index (κ2) is 7.03. The fraction of sp³-hybridized carbons (Fsp3) is 0.158. The number of amides is 1. The van der Waals surface area contributed by atoms with Gasteiger partial charge < -0.3 is 5.32 Å². The Bertz CT molecular complexity index is 1240. The number of rotatable bonds is 4. The number of nitrogens with zero attached hydrogens (tertiary/aromatic N) is 6. The van der Waals surface area contributed by atoms with Gasteiger partial charge in [0.05, 0.1) is 17.4 Å². The van der Waals surface area contributed by atoms with Crippen molar-refractivity contribution < 1.29 is 4.79 Å². The summed E-state index contributed by atoms with van der Waals surface area (Å²) in [6.45, 7) is 3.73. The maximum Gasteiger partial charge on any atom is 0.246 e. The van der Waals surface area contributed by atoms with E-state index in [9.17, 15) is 9.59 Å². The minimum atomic E-state index is -0.260. The molecule has 2 aromatic carbocycles. The molecule has 4 rings (SSSR count). The normalized spacial score (nSPS) is 10.9. The lowest BCUT2D eigenvalue weighted by Crippen LogP contribution is -2.22. The summed E-state index contributed by atoms with van der Waals surface area (Å²) in [6, 6.07) is 12.6. The van der Waals surface area contributed by atoms with E-state index in [1.807, 2.05) is 25.1 Å². The van der Waals surface area contributed by atoms with E-state index in [1.54, 1.807) is 35.9 Å². The number of aromatic nitrogens is 6. The second-order valence-electron chi connectivity index (χ2n) is 6.37. The van der Waals surface area contributed by atoms with Gasteiger partial charge in [-0.15, -0.1) is 5.10 Å². The van der Waals surface area contributed by atoms with Crippen molar-refractivity contribution in [2.24, 2.45) is 0 Å². The molecule has 0 aliphatic rings. The summed E-state index contributed by atoms with van der Waals surface area (Å²) in [5.41, 5.74) is 2.81. The molecule has 0 saturated heterocycles. The number of aryl methyl sites for hydroxylation is 2. The zero-order valence-corrected chi connectivity index (χ0v) is 15.3. The van der Waals surface area contributed by atoms with Crippen molar-refractivity contribution in [1.29, 1.82) is 0 Å². The lowest BCUT2D eigenvalue weighted by molar-refractivity contribution is -0.116. The first-order valence-corrected chi connectivity index (χ1v) is 8.63. The largest absolute Gasteiger partial charge is 0.324 e. The number of para-hydroxylation sites is 1. The molecular weight excluding hydrogens is 358 g/mol. The highest BCUT2D eigenvalue weighted by molar-refractivity contribution is 5.92. The molecule has 0 radical (unpaired) electrons. The summed E-state index contributed by atoms with van der Waals surface area (Å²) >= 11 is 0. The van der Waals surface area contributed by atoms with Crippen molar-refractivity contribution >= 4 is 22.5 Å². The number of anilines is 1. The first kappa shape index (κ1) is 17.5. The Morgan fingerprint density at radius 1 is 1.14 bits per heavy atom. The monoisotopic (exact) mass is 375 g/mol. The molecule has 9 nitrogen and oxygen atoms in total. The quantitative estimate of drug-likeness (QED) is 0.581. The van der Waals surface area contributed by atoms with Crippen LogP contribution in [-0.4, -0.2) is 35.9 Å². The Balaban J connectivity index is 1.59. The van der Waals surface area contributed by atoms with Gasteiger partial charge in [0.2, 0.25) is 11.3 Å². The molecule has 0 bridgehead atoms. The number of carbonyl (C=O) groups excluding carboxylic acids is 1. The zero-order valence-electron chi connectivity index (χ0n) is 15.3. The number of nitrogens with one attached hydrogen (secondary N) is 1. The Labute approximate surface area is 159 Å². The first-order valence-electron chi connectivity index (χ1n) is 8.63. The lowest BCUT2D eigenvalue weighted by atomic mass is 10.1. The van der Waals surface area contributed by atoms with E-state index in [0.717, 1.165) is 11.3 Å². The summed E-state index contributed by atoms with van der Waals surface area (Å²) in [5, 5.41) is 19.0. The van der Waals surface area contributed by atoms with Crippen molar-refractivity contribution in [2.45, 2.75) is 20.4 Å². The Kier molecular flexibility index (Phi) is 4.40. The Morgan fingerprint density at radius 2 is 1.96 bits per heavy atom. The number of tetrazole rings is 1. The maximum atomic E-state index is 12.6. The van der Waals surface area contributed by atoms with E-state index in [0.29, 0.717) is 22.4 Å². The van der Waals surface area contributed by atoms with E-state index in [2.05, 4.69) is 25.9 Å². The minimum Gasteiger partial charge on any atom is -0.324 e. The van der Waals surface area contributed by atoms with Crippen LogP contribution in [0.5, 0.6) is 0 Å². The number of hydrogen-bond donors (Lipinski definition) is 1. The molecule has 0 unspecified atom stereocenters. The molecule has 0 aliphatic carbocycles. The third kappa shape index (κ3) is 3.25. The molecular formula is C19H17N7O2. The van der Waals surface area contributed by atoms with Crippen molar-refractivity contribution in [3.8, 4) is 5.69 Å². The van der Waals surface area contributed by atoms with Crippen molar-refractivity contribution in [1.82, 2.24) is 30.0 Å². The second-order valence-corrected chi connectivity index (χ2v) is 6.37. The van der Waals surface area contributed by atoms with Crippen LogP contribution < -0.4 is 10.7 Å². The van der Waals surface area contributed by atoms with Gasteiger partial charge in [-0.05, 0) is 54.1 Å². The van der Waals surface area contributed by atoms with Gasteiger partial charge in [-0.25, -0.2) is 0 Å². The number of hydrogen-bond acceptors (Lipinski definition) is 6. The van der Waals surface area contributed by atoms with Gasteiger partial charge in [-0.2, -0.15) is 9.78 Å². The fourth-order valence-corrected chi connectivity index (χ4v) is 2.99. The smallest absolute Gasteiger partial charge is 0.246 e. The molecule has 0 fully saturated rings. The van der Waals surface area contributed by atoms with Crippen molar-refractivity contribution in [3.05, 3.63) is 70.3 Å². The third-order valence-corrected chi connectivity index (χ3v) is 4.40. The van der Waals surface area contributed by atoms with Gasteiger partial charge in [0, 0.05) is 11.1 Å². The summed E-state index contributed by atoms with van der Waals surface area (Å²) in [6.07, 6.45) is 1.22. The van der Waals surface area contributed by atoms with E-state index < -0.39 is 0 Å². The van der Waals surface area contributed by atoms with Gasteiger partial charge in [0.1, 0.15) is 6.54 Å². The molecule has 1 N–H and O–H groups in total. The molecule has 140 valence electrons. The number of carbonyl (C=O) groups is 1. The zero-order chi connectivity index (χ0) is 19.7. The van der Waals surface area contributed by atoms with Crippen LogP contribution in [0.2, 0.25) is 0 Å². The van der Waals surface area contributed by atoms with Crippen LogP contribution in [0.1, 0.15) is 11.4 Å². The van der Waals surface area contributed by atoms with Gasteiger partial charge in [0.15, 0.2) is 5.82 Å².